The van der Waals surface area contributed by atoms with Crippen LogP contribution in [0, 0.1) is 19.8 Å². The van der Waals surface area contributed by atoms with E-state index >= 15 is 0 Å². The summed E-state index contributed by atoms with van der Waals surface area (Å²) >= 11 is 0. The van der Waals surface area contributed by atoms with E-state index in [1.54, 1.807) is 0 Å². The van der Waals surface area contributed by atoms with Gasteiger partial charge >= 0.3 is 23.1 Å². The summed E-state index contributed by atoms with van der Waals surface area (Å²) in [5.74, 6) is 0.685. The maximum absolute atomic E-state index is 3.88. The summed E-state index contributed by atoms with van der Waals surface area (Å²) in [4.78, 5) is 0. The molecule has 0 aliphatic rings. The van der Waals surface area contributed by atoms with Crippen molar-refractivity contribution >= 4 is 23.1 Å². The zero-order valence-corrected chi connectivity index (χ0v) is 12.8. The molecule has 0 fully saturated rings. The van der Waals surface area contributed by atoms with E-state index in [-0.39, 0.29) is 23.1 Å². The second kappa shape index (κ2) is 20.2. The zero-order chi connectivity index (χ0) is 11.2. The molecule has 0 rings (SSSR count). The molecule has 0 unspecified atom stereocenters. The maximum atomic E-state index is 3.88. The molecule has 0 aromatic rings. The molecular weight excluding hydrogens is 192 g/mol. The zero-order valence-electron chi connectivity index (χ0n) is 11.4. The van der Waals surface area contributed by atoms with Crippen LogP contribution in [0.1, 0.15) is 72.1 Å². The molecule has 0 saturated heterocycles. The van der Waals surface area contributed by atoms with E-state index in [1.165, 1.54) is 44.9 Å². The quantitative estimate of drug-likeness (QED) is 0.321. The van der Waals surface area contributed by atoms with Gasteiger partial charge in [-0.2, -0.15) is 12.3 Å². The summed E-state index contributed by atoms with van der Waals surface area (Å²) in [5.41, 5.74) is 0. The van der Waals surface area contributed by atoms with E-state index in [9.17, 15) is 0 Å². The third-order valence-corrected chi connectivity index (χ3v) is 2.51. The minimum absolute atomic E-state index is 0. The summed E-state index contributed by atoms with van der Waals surface area (Å²) in [6, 6.07) is 0. The fourth-order valence-corrected chi connectivity index (χ4v) is 1.07. The van der Waals surface area contributed by atoms with Crippen LogP contribution < -0.4 is 0 Å². The maximum Gasteiger partial charge on any atom is 2.00 e. The predicted molar refractivity (Wildman–Crippen MR) is 73.9 cm³/mol. The fourth-order valence-electron chi connectivity index (χ4n) is 1.07. The summed E-state index contributed by atoms with van der Waals surface area (Å²) in [6.07, 6.45) is 10.4. The molecule has 15 heavy (non-hydrogen) atoms. The van der Waals surface area contributed by atoms with Crippen LogP contribution in [-0.4, -0.2) is 23.1 Å². The normalized spacial score (nSPS) is 9.20. The Bertz CT molecular complexity index is 71.4. The van der Waals surface area contributed by atoms with Crippen LogP contribution in [0.25, 0.3) is 0 Å². The largest absolute Gasteiger partial charge is 2.00 e. The van der Waals surface area contributed by atoms with Crippen molar-refractivity contribution in [2.75, 3.05) is 0 Å². The molecule has 0 nitrogen and oxygen atoms in total. The van der Waals surface area contributed by atoms with Crippen LogP contribution in [0.3, 0.4) is 0 Å². The van der Waals surface area contributed by atoms with Crippen LogP contribution in [0.2, 0.25) is 0 Å². The Morgan fingerprint density at radius 2 is 1.33 bits per heavy atom. The van der Waals surface area contributed by atoms with Crippen LogP contribution >= 0.6 is 0 Å². The Morgan fingerprint density at radius 3 is 1.60 bits per heavy atom. The van der Waals surface area contributed by atoms with Gasteiger partial charge in [-0.05, 0) is 0 Å². The van der Waals surface area contributed by atoms with Gasteiger partial charge < -0.3 is 13.8 Å². The van der Waals surface area contributed by atoms with Crippen molar-refractivity contribution in [3.63, 3.8) is 0 Å². The Balaban J connectivity index is -0.000000187. The first-order chi connectivity index (χ1) is 6.72. The second-order valence-electron chi connectivity index (χ2n) is 3.95. The van der Waals surface area contributed by atoms with Gasteiger partial charge in [-0.15, -0.1) is 0 Å². The van der Waals surface area contributed by atoms with Crippen LogP contribution in [0.15, 0.2) is 0 Å². The van der Waals surface area contributed by atoms with Gasteiger partial charge in [0.15, 0.2) is 0 Å². The molecule has 0 aromatic carbocycles. The van der Waals surface area contributed by atoms with Gasteiger partial charge in [-0.1, -0.05) is 65.7 Å². The van der Waals surface area contributed by atoms with E-state index in [1.807, 2.05) is 0 Å². The SMILES string of the molecule is [CH2-]C(CC)CC.[CH2-]CCCCCCC.[Mg+2]. The number of hydrogen-bond donors (Lipinski definition) is 0. The van der Waals surface area contributed by atoms with E-state index < -0.39 is 0 Å². The molecule has 0 radical (unpaired) electrons. The average Bonchev–Trinajstić information content (AvgIpc) is 2.24. The van der Waals surface area contributed by atoms with E-state index in [4.69, 9.17) is 0 Å². The van der Waals surface area contributed by atoms with E-state index in [0.717, 1.165) is 6.42 Å². The Hall–Kier alpha value is 0.766. The number of rotatable bonds is 7. The third kappa shape index (κ3) is 25.2. The van der Waals surface area contributed by atoms with Crippen molar-refractivity contribution in [3.05, 3.63) is 13.8 Å². The van der Waals surface area contributed by atoms with Crippen LogP contribution in [0.5, 0.6) is 0 Å². The Kier molecular flexibility index (Phi) is 28.4. The second-order valence-corrected chi connectivity index (χ2v) is 3.95. The third-order valence-electron chi connectivity index (χ3n) is 2.51. The molecule has 0 N–H and O–H groups in total. The summed E-state index contributed by atoms with van der Waals surface area (Å²) in [5, 5.41) is 0. The first kappa shape index (κ1) is 21.1. The summed E-state index contributed by atoms with van der Waals surface area (Å²) < 4.78 is 0. The molecule has 0 saturated carbocycles. The van der Waals surface area contributed by atoms with Crippen molar-refractivity contribution < 1.29 is 0 Å². The Labute approximate surface area is 115 Å². The smallest absolute Gasteiger partial charge is 0.343 e. The molecular formula is C14H30Mg. The van der Waals surface area contributed by atoms with Crippen molar-refractivity contribution in [3.8, 4) is 0 Å². The summed E-state index contributed by atoms with van der Waals surface area (Å²) in [7, 11) is 0. The summed E-state index contributed by atoms with van der Waals surface area (Å²) in [6.45, 7) is 14.2. The molecule has 0 heterocycles. The van der Waals surface area contributed by atoms with Crippen LogP contribution in [-0.2, 0) is 0 Å². The first-order valence-electron chi connectivity index (χ1n) is 6.35. The molecule has 0 aliphatic heterocycles. The van der Waals surface area contributed by atoms with Gasteiger partial charge in [0.25, 0.3) is 0 Å². The van der Waals surface area contributed by atoms with Gasteiger partial charge in [-0.3, -0.25) is 0 Å². The van der Waals surface area contributed by atoms with E-state index in [0.29, 0.717) is 5.92 Å². The minimum atomic E-state index is 0. The fraction of sp³-hybridized carbons (Fsp3) is 0.857. The predicted octanol–water partition coefficient (Wildman–Crippen LogP) is 5.06. The molecule has 0 aromatic heterocycles. The first-order valence-corrected chi connectivity index (χ1v) is 6.35. The van der Waals surface area contributed by atoms with Crippen molar-refractivity contribution in [1.82, 2.24) is 0 Å². The number of hydrogen-bond acceptors (Lipinski definition) is 0. The van der Waals surface area contributed by atoms with Gasteiger partial charge in [0, 0.05) is 0 Å². The standard InChI is InChI=1S/C8H17.C6H13.Mg/c1-3-5-7-8-6-4-2;1-4-6(3)5-2;/h1,3-8H2,2H3;6H,3-5H2,1-2H3;/q2*-1;+2. The molecule has 0 spiro atoms. The van der Waals surface area contributed by atoms with Crippen molar-refractivity contribution in [2.24, 2.45) is 5.92 Å². The Morgan fingerprint density at radius 1 is 0.867 bits per heavy atom. The van der Waals surface area contributed by atoms with Crippen LogP contribution in [0.4, 0.5) is 0 Å². The van der Waals surface area contributed by atoms with Gasteiger partial charge in [0.05, 0.1) is 0 Å². The topological polar surface area (TPSA) is 0 Å². The molecule has 0 aliphatic carbocycles. The van der Waals surface area contributed by atoms with Gasteiger partial charge in [0.1, 0.15) is 0 Å². The van der Waals surface area contributed by atoms with Gasteiger partial charge in [-0.25, -0.2) is 0 Å². The minimum Gasteiger partial charge on any atom is -0.343 e. The molecule has 1 heteroatoms. The molecule has 0 amide bonds. The molecule has 0 atom stereocenters. The van der Waals surface area contributed by atoms with Crippen molar-refractivity contribution in [2.45, 2.75) is 72.1 Å². The molecule has 0 bridgehead atoms. The molecule has 88 valence electrons. The van der Waals surface area contributed by atoms with E-state index in [2.05, 4.69) is 34.6 Å². The average molecular weight is 223 g/mol. The monoisotopic (exact) mass is 222 g/mol. The number of unbranched alkanes of at least 4 members (excludes halogenated alkanes) is 5. The van der Waals surface area contributed by atoms with Gasteiger partial charge in [0.2, 0.25) is 0 Å². The van der Waals surface area contributed by atoms with Crippen molar-refractivity contribution in [1.29, 1.82) is 0 Å².